The van der Waals surface area contributed by atoms with Crippen LogP contribution in [0.15, 0.2) is 12.2 Å². The Balaban J connectivity index is 2.43. The number of quaternary nitrogens is 1. The van der Waals surface area contributed by atoms with Crippen LogP contribution in [0.1, 0.15) is 6.92 Å². The van der Waals surface area contributed by atoms with E-state index in [1.54, 1.807) is 0 Å². The second-order valence-corrected chi connectivity index (χ2v) is 3.79. The van der Waals surface area contributed by atoms with Gasteiger partial charge in [0.2, 0.25) is 0 Å². The molecule has 0 aromatic rings. The Morgan fingerprint density at radius 1 is 1.45 bits per heavy atom. The molecule has 0 atom stereocenters. The molecule has 11 heavy (non-hydrogen) atoms. The van der Waals surface area contributed by atoms with Gasteiger partial charge in [-0.1, -0.05) is 6.58 Å². The van der Waals surface area contributed by atoms with Crippen molar-refractivity contribution in [3.63, 3.8) is 0 Å². The largest absolute Gasteiger partial charge is 0.370 e. The molecule has 0 aromatic heterocycles. The Morgan fingerprint density at radius 3 is 2.45 bits per heavy atom. The number of hydrogen-bond acceptors (Lipinski definition) is 1. The highest BCUT2D eigenvalue weighted by atomic mass is 16.5. The van der Waals surface area contributed by atoms with Gasteiger partial charge in [0.15, 0.2) is 0 Å². The number of hydrogen-bond donors (Lipinski definition) is 0. The van der Waals surface area contributed by atoms with Crippen LogP contribution in [0.5, 0.6) is 0 Å². The SMILES string of the molecule is C=C(C)C[N+]1(C)CCOCC1. The second kappa shape index (κ2) is 3.37. The Hall–Kier alpha value is -0.340. The zero-order chi connectivity index (χ0) is 8.32. The quantitative estimate of drug-likeness (QED) is 0.429. The Labute approximate surface area is 69.0 Å². The summed E-state index contributed by atoms with van der Waals surface area (Å²) >= 11 is 0. The van der Waals surface area contributed by atoms with Crippen molar-refractivity contribution in [3.05, 3.63) is 12.2 Å². The fourth-order valence-corrected chi connectivity index (χ4v) is 1.59. The summed E-state index contributed by atoms with van der Waals surface area (Å²) in [6, 6.07) is 0. The minimum atomic E-state index is 0.907. The maximum Gasteiger partial charge on any atom is 0.103 e. The lowest BCUT2D eigenvalue weighted by atomic mass is 10.2. The van der Waals surface area contributed by atoms with Gasteiger partial charge < -0.3 is 9.22 Å². The van der Waals surface area contributed by atoms with Crippen molar-refractivity contribution in [3.8, 4) is 0 Å². The fraction of sp³-hybridized carbons (Fsp3) is 0.778. The van der Waals surface area contributed by atoms with Crippen LogP contribution < -0.4 is 0 Å². The van der Waals surface area contributed by atoms with E-state index >= 15 is 0 Å². The van der Waals surface area contributed by atoms with E-state index in [0.29, 0.717) is 0 Å². The van der Waals surface area contributed by atoms with Gasteiger partial charge in [-0.05, 0) is 12.5 Å². The van der Waals surface area contributed by atoms with E-state index in [9.17, 15) is 0 Å². The van der Waals surface area contributed by atoms with E-state index in [2.05, 4.69) is 20.6 Å². The molecule has 0 saturated carbocycles. The summed E-state index contributed by atoms with van der Waals surface area (Å²) in [5.41, 5.74) is 1.27. The van der Waals surface area contributed by atoms with Crippen LogP contribution in [0.3, 0.4) is 0 Å². The summed E-state index contributed by atoms with van der Waals surface area (Å²) < 4.78 is 6.41. The first-order valence-electron chi connectivity index (χ1n) is 4.18. The topological polar surface area (TPSA) is 9.23 Å². The molecule has 1 fully saturated rings. The van der Waals surface area contributed by atoms with Crippen molar-refractivity contribution >= 4 is 0 Å². The molecule has 1 aliphatic heterocycles. The van der Waals surface area contributed by atoms with Gasteiger partial charge >= 0.3 is 0 Å². The molecule has 0 unspecified atom stereocenters. The van der Waals surface area contributed by atoms with Gasteiger partial charge in [-0.2, -0.15) is 0 Å². The summed E-state index contributed by atoms with van der Waals surface area (Å²) in [6.07, 6.45) is 0. The zero-order valence-corrected chi connectivity index (χ0v) is 7.60. The summed E-state index contributed by atoms with van der Waals surface area (Å²) in [5.74, 6) is 0. The van der Waals surface area contributed by atoms with Crippen LogP contribution in [-0.2, 0) is 4.74 Å². The third-order valence-corrected chi connectivity index (χ3v) is 2.20. The van der Waals surface area contributed by atoms with Gasteiger partial charge in [-0.25, -0.2) is 0 Å². The smallest absolute Gasteiger partial charge is 0.103 e. The highest BCUT2D eigenvalue weighted by Crippen LogP contribution is 2.09. The predicted molar refractivity (Wildman–Crippen MR) is 46.4 cm³/mol. The molecule has 1 heterocycles. The molecule has 0 aromatic carbocycles. The summed E-state index contributed by atoms with van der Waals surface area (Å²) in [5, 5.41) is 0. The fourth-order valence-electron chi connectivity index (χ4n) is 1.59. The number of rotatable bonds is 2. The van der Waals surface area contributed by atoms with Crippen LogP contribution in [0.4, 0.5) is 0 Å². The molecule has 64 valence electrons. The van der Waals surface area contributed by atoms with E-state index in [4.69, 9.17) is 4.74 Å². The van der Waals surface area contributed by atoms with Crippen molar-refractivity contribution < 1.29 is 9.22 Å². The molecule has 0 aliphatic carbocycles. The first-order chi connectivity index (χ1) is 5.12. The molecule has 0 amide bonds. The minimum absolute atomic E-state index is 0.907. The highest BCUT2D eigenvalue weighted by Gasteiger charge is 2.24. The molecular weight excluding hydrogens is 138 g/mol. The lowest BCUT2D eigenvalue weighted by Gasteiger charge is -2.37. The minimum Gasteiger partial charge on any atom is -0.370 e. The van der Waals surface area contributed by atoms with E-state index in [1.807, 2.05) is 0 Å². The lowest BCUT2D eigenvalue weighted by molar-refractivity contribution is -0.912. The maximum absolute atomic E-state index is 5.30. The van der Waals surface area contributed by atoms with E-state index in [1.165, 1.54) is 5.57 Å². The van der Waals surface area contributed by atoms with Gasteiger partial charge in [0.1, 0.15) is 13.1 Å². The first kappa shape index (κ1) is 8.75. The number of nitrogens with zero attached hydrogens (tertiary/aromatic N) is 1. The Bertz CT molecular complexity index is 148. The van der Waals surface area contributed by atoms with Gasteiger partial charge in [0.25, 0.3) is 0 Å². The molecule has 2 nitrogen and oxygen atoms in total. The summed E-state index contributed by atoms with van der Waals surface area (Å²) in [7, 11) is 2.28. The maximum atomic E-state index is 5.30. The van der Waals surface area contributed by atoms with Crippen molar-refractivity contribution in [2.45, 2.75) is 6.92 Å². The van der Waals surface area contributed by atoms with Crippen molar-refractivity contribution in [2.24, 2.45) is 0 Å². The van der Waals surface area contributed by atoms with E-state index in [0.717, 1.165) is 37.3 Å². The third-order valence-electron chi connectivity index (χ3n) is 2.20. The molecule has 0 N–H and O–H groups in total. The molecule has 2 heteroatoms. The molecular formula is C9H18NO+. The highest BCUT2D eigenvalue weighted by molar-refractivity contribution is 4.87. The molecule has 1 saturated heterocycles. The van der Waals surface area contributed by atoms with Crippen LogP contribution in [0, 0.1) is 0 Å². The van der Waals surface area contributed by atoms with Crippen molar-refractivity contribution in [1.29, 1.82) is 0 Å². The van der Waals surface area contributed by atoms with E-state index in [-0.39, 0.29) is 0 Å². The molecule has 0 radical (unpaired) electrons. The van der Waals surface area contributed by atoms with Crippen LogP contribution in [0.25, 0.3) is 0 Å². The average molecular weight is 156 g/mol. The average Bonchev–Trinajstić information content (AvgIpc) is 1.85. The third kappa shape index (κ3) is 2.64. The van der Waals surface area contributed by atoms with Gasteiger partial charge in [-0.3, -0.25) is 0 Å². The molecule has 1 aliphatic rings. The van der Waals surface area contributed by atoms with Gasteiger partial charge in [0.05, 0.1) is 26.8 Å². The second-order valence-electron chi connectivity index (χ2n) is 3.79. The Kier molecular flexibility index (Phi) is 2.68. The Morgan fingerprint density at radius 2 is 2.00 bits per heavy atom. The van der Waals surface area contributed by atoms with Gasteiger partial charge in [0, 0.05) is 0 Å². The van der Waals surface area contributed by atoms with E-state index < -0.39 is 0 Å². The van der Waals surface area contributed by atoms with Crippen LogP contribution >= 0.6 is 0 Å². The van der Waals surface area contributed by atoms with Gasteiger partial charge in [-0.15, -0.1) is 0 Å². The standard InChI is InChI=1S/C9H18NO/c1-9(2)8-10(3)4-6-11-7-5-10/h1,4-8H2,2-3H3/q+1. The lowest BCUT2D eigenvalue weighted by Crippen LogP contribution is -2.52. The zero-order valence-electron chi connectivity index (χ0n) is 7.60. The first-order valence-corrected chi connectivity index (χ1v) is 4.18. The van der Waals surface area contributed by atoms with Crippen molar-refractivity contribution in [2.75, 3.05) is 39.9 Å². The number of morpholine rings is 1. The summed E-state index contributed by atoms with van der Waals surface area (Å²) in [4.78, 5) is 0. The molecule has 0 spiro atoms. The summed E-state index contributed by atoms with van der Waals surface area (Å²) in [6.45, 7) is 11.2. The number of likely N-dealkylation sites (N-methyl/N-ethyl adjacent to an activating group) is 1. The normalized spacial score (nSPS) is 23.1. The molecule has 1 rings (SSSR count). The molecule has 0 bridgehead atoms. The number of ether oxygens (including phenoxy) is 1. The van der Waals surface area contributed by atoms with Crippen LogP contribution in [0.2, 0.25) is 0 Å². The predicted octanol–water partition coefficient (Wildman–Crippen LogP) is 1.04. The van der Waals surface area contributed by atoms with Crippen molar-refractivity contribution in [1.82, 2.24) is 0 Å². The van der Waals surface area contributed by atoms with Crippen LogP contribution in [-0.4, -0.2) is 44.4 Å². The monoisotopic (exact) mass is 156 g/mol.